The number of carbonyl (C=O) groups is 2. The number of unbranched alkanes of at least 4 members (excludes halogenated alkanes) is 1. The van der Waals surface area contributed by atoms with Gasteiger partial charge in [-0.1, -0.05) is 41.9 Å². The van der Waals surface area contributed by atoms with E-state index in [2.05, 4.69) is 10.2 Å². The summed E-state index contributed by atoms with van der Waals surface area (Å²) in [6.07, 6.45) is 2.33. The summed E-state index contributed by atoms with van der Waals surface area (Å²) in [6, 6.07) is 15.5. The Morgan fingerprint density at radius 3 is 2.48 bits per heavy atom. The van der Waals surface area contributed by atoms with E-state index in [0.29, 0.717) is 11.4 Å². The van der Waals surface area contributed by atoms with Crippen LogP contribution in [0.5, 0.6) is 0 Å². The average molecular weight is 414 g/mol. The van der Waals surface area contributed by atoms with Crippen LogP contribution in [0.25, 0.3) is 11.1 Å². The van der Waals surface area contributed by atoms with Crippen LogP contribution in [0.2, 0.25) is 5.02 Å². The first-order valence-electron chi connectivity index (χ1n) is 10.2. The molecule has 1 N–H and O–H groups in total. The van der Waals surface area contributed by atoms with Gasteiger partial charge < -0.3 is 10.2 Å². The molecule has 2 aromatic carbocycles. The first-order chi connectivity index (χ1) is 14.0. The molecule has 1 aliphatic heterocycles. The molecule has 5 nitrogen and oxygen atoms in total. The molecule has 0 spiro atoms. The number of piperazine rings is 1. The highest BCUT2D eigenvalue weighted by atomic mass is 35.5. The summed E-state index contributed by atoms with van der Waals surface area (Å²) in [5.41, 5.74) is 2.72. The molecule has 1 aliphatic rings. The molecule has 3 rings (SSSR count). The molecule has 29 heavy (non-hydrogen) atoms. The lowest BCUT2D eigenvalue weighted by molar-refractivity contribution is -0.130. The molecule has 0 radical (unpaired) electrons. The number of halogens is 1. The summed E-state index contributed by atoms with van der Waals surface area (Å²) in [6.45, 7) is 6.04. The monoisotopic (exact) mass is 413 g/mol. The first kappa shape index (κ1) is 21.3. The Labute approximate surface area is 177 Å². The highest BCUT2D eigenvalue weighted by Gasteiger charge is 2.17. The van der Waals surface area contributed by atoms with Crippen molar-refractivity contribution >= 4 is 29.1 Å². The Morgan fingerprint density at radius 2 is 1.76 bits per heavy atom. The predicted molar refractivity (Wildman–Crippen MR) is 118 cm³/mol. The van der Waals surface area contributed by atoms with Gasteiger partial charge in [0.25, 0.3) is 0 Å². The van der Waals surface area contributed by atoms with E-state index in [1.54, 1.807) is 6.92 Å². The van der Waals surface area contributed by atoms with Crippen molar-refractivity contribution in [1.29, 1.82) is 0 Å². The van der Waals surface area contributed by atoms with E-state index >= 15 is 0 Å². The van der Waals surface area contributed by atoms with Crippen molar-refractivity contribution in [3.8, 4) is 11.1 Å². The summed E-state index contributed by atoms with van der Waals surface area (Å²) in [7, 11) is 0. The second-order valence-corrected chi connectivity index (χ2v) is 7.82. The molecule has 1 heterocycles. The highest BCUT2D eigenvalue weighted by molar-refractivity contribution is 6.33. The number of rotatable bonds is 7. The Kier molecular flexibility index (Phi) is 7.67. The summed E-state index contributed by atoms with van der Waals surface area (Å²) in [5.74, 6) is 0.183. The lowest BCUT2D eigenvalue weighted by atomic mass is 10.1. The van der Waals surface area contributed by atoms with Crippen LogP contribution in [-0.4, -0.2) is 54.3 Å². The number of anilines is 1. The lowest BCUT2D eigenvalue weighted by Crippen LogP contribution is -2.48. The normalized spacial score (nSPS) is 14.6. The largest absolute Gasteiger partial charge is 0.340 e. The highest BCUT2D eigenvalue weighted by Crippen LogP contribution is 2.29. The fraction of sp³-hybridized carbons (Fsp3) is 0.391. The third kappa shape index (κ3) is 6.31. The van der Waals surface area contributed by atoms with Crippen LogP contribution in [0.4, 0.5) is 5.69 Å². The molecule has 0 aliphatic carbocycles. The zero-order valence-electron chi connectivity index (χ0n) is 16.9. The van der Waals surface area contributed by atoms with Crippen molar-refractivity contribution in [1.82, 2.24) is 9.80 Å². The number of carbonyl (C=O) groups excluding carboxylic acids is 2. The van der Waals surface area contributed by atoms with E-state index in [0.717, 1.165) is 62.4 Å². The summed E-state index contributed by atoms with van der Waals surface area (Å²) in [4.78, 5) is 27.9. The van der Waals surface area contributed by atoms with Crippen molar-refractivity contribution < 1.29 is 9.59 Å². The third-order valence-corrected chi connectivity index (χ3v) is 5.61. The molecule has 6 heteroatoms. The molecule has 0 atom stereocenters. The van der Waals surface area contributed by atoms with Crippen molar-refractivity contribution in [2.45, 2.75) is 26.2 Å². The molecule has 0 unspecified atom stereocenters. The molecular weight excluding hydrogens is 386 g/mol. The van der Waals surface area contributed by atoms with Gasteiger partial charge in [-0.15, -0.1) is 0 Å². The number of hydrogen-bond donors (Lipinski definition) is 1. The molecule has 0 bridgehead atoms. The molecule has 0 aromatic heterocycles. The van der Waals surface area contributed by atoms with Gasteiger partial charge in [0.1, 0.15) is 0 Å². The molecule has 1 fully saturated rings. The minimum Gasteiger partial charge on any atom is -0.340 e. The molecule has 154 valence electrons. The smallest absolute Gasteiger partial charge is 0.224 e. The summed E-state index contributed by atoms with van der Waals surface area (Å²) in [5, 5.41) is 3.68. The van der Waals surface area contributed by atoms with Gasteiger partial charge in [-0.3, -0.25) is 14.5 Å². The number of benzene rings is 2. The Balaban J connectivity index is 1.41. The second-order valence-electron chi connectivity index (χ2n) is 7.41. The van der Waals surface area contributed by atoms with Crippen molar-refractivity contribution in [3.05, 3.63) is 53.6 Å². The van der Waals surface area contributed by atoms with Gasteiger partial charge in [-0.05, 0) is 43.1 Å². The maximum absolute atomic E-state index is 12.3. The predicted octanol–water partition coefficient (Wildman–Crippen LogP) is 4.28. The van der Waals surface area contributed by atoms with Crippen LogP contribution in [0.1, 0.15) is 26.2 Å². The molecule has 2 amide bonds. The maximum atomic E-state index is 12.3. The van der Waals surface area contributed by atoms with E-state index in [-0.39, 0.29) is 11.8 Å². The SMILES string of the molecule is CC(=O)N1CCN(CCCCC(=O)Nc2cccc(-c3ccccc3Cl)c2)CC1. The van der Waals surface area contributed by atoms with Crippen LogP contribution in [0.3, 0.4) is 0 Å². The van der Waals surface area contributed by atoms with Gasteiger partial charge in [-0.2, -0.15) is 0 Å². The molecule has 1 saturated heterocycles. The fourth-order valence-corrected chi connectivity index (χ4v) is 3.84. The van der Waals surface area contributed by atoms with Gasteiger partial charge in [0.05, 0.1) is 0 Å². The maximum Gasteiger partial charge on any atom is 0.224 e. The van der Waals surface area contributed by atoms with E-state index in [9.17, 15) is 9.59 Å². The molecular formula is C23H28ClN3O2. The fourth-order valence-electron chi connectivity index (χ4n) is 3.59. The summed E-state index contributed by atoms with van der Waals surface area (Å²) >= 11 is 6.28. The number of nitrogens with zero attached hydrogens (tertiary/aromatic N) is 2. The van der Waals surface area contributed by atoms with Crippen LogP contribution < -0.4 is 5.32 Å². The Bertz CT molecular complexity index is 848. The minimum absolute atomic E-state index is 0.0303. The van der Waals surface area contributed by atoms with Crippen molar-refractivity contribution in [3.63, 3.8) is 0 Å². The zero-order valence-corrected chi connectivity index (χ0v) is 17.6. The number of amides is 2. The van der Waals surface area contributed by atoms with Crippen molar-refractivity contribution in [2.75, 3.05) is 38.0 Å². The standard InChI is InChI=1S/C23H28ClN3O2/c1-18(28)27-15-13-26(14-16-27)12-5-4-11-23(29)25-20-8-6-7-19(17-20)21-9-2-3-10-22(21)24/h2-3,6-10,17H,4-5,11-16H2,1H3,(H,25,29). The van der Waals surface area contributed by atoms with Crippen LogP contribution in [-0.2, 0) is 9.59 Å². The van der Waals surface area contributed by atoms with Gasteiger partial charge in [0.15, 0.2) is 0 Å². The quantitative estimate of drug-likeness (QED) is 0.689. The van der Waals surface area contributed by atoms with Gasteiger partial charge in [-0.25, -0.2) is 0 Å². The zero-order chi connectivity index (χ0) is 20.6. The van der Waals surface area contributed by atoms with Gasteiger partial charge in [0, 0.05) is 55.8 Å². The second kappa shape index (κ2) is 10.4. The minimum atomic E-state index is 0.0303. The van der Waals surface area contributed by atoms with E-state index in [1.165, 1.54) is 0 Å². The Hall–Kier alpha value is -2.37. The summed E-state index contributed by atoms with van der Waals surface area (Å²) < 4.78 is 0. The third-order valence-electron chi connectivity index (χ3n) is 5.28. The van der Waals surface area contributed by atoms with Crippen LogP contribution in [0.15, 0.2) is 48.5 Å². The first-order valence-corrected chi connectivity index (χ1v) is 10.5. The van der Waals surface area contributed by atoms with Crippen LogP contribution >= 0.6 is 11.6 Å². The number of nitrogens with one attached hydrogen (secondary N) is 1. The Morgan fingerprint density at radius 1 is 1.00 bits per heavy atom. The van der Waals surface area contributed by atoms with E-state index in [1.807, 2.05) is 53.4 Å². The van der Waals surface area contributed by atoms with Crippen molar-refractivity contribution in [2.24, 2.45) is 0 Å². The van der Waals surface area contributed by atoms with Gasteiger partial charge >= 0.3 is 0 Å². The van der Waals surface area contributed by atoms with Crippen LogP contribution in [0, 0.1) is 0 Å². The average Bonchev–Trinajstić information content (AvgIpc) is 2.72. The lowest BCUT2D eigenvalue weighted by Gasteiger charge is -2.34. The topological polar surface area (TPSA) is 52.7 Å². The van der Waals surface area contributed by atoms with E-state index in [4.69, 9.17) is 11.6 Å². The number of hydrogen-bond acceptors (Lipinski definition) is 3. The van der Waals surface area contributed by atoms with Gasteiger partial charge in [0.2, 0.25) is 11.8 Å². The van der Waals surface area contributed by atoms with E-state index < -0.39 is 0 Å². The molecule has 0 saturated carbocycles. The molecule has 2 aromatic rings.